The second kappa shape index (κ2) is 8.80. The van der Waals surface area contributed by atoms with Gasteiger partial charge in [0, 0.05) is 18.7 Å². The Morgan fingerprint density at radius 1 is 1.32 bits per heavy atom. The SMILES string of the molecule is Cc1ncc(F)c2c1CC(CNCCC1(CN)CN(c3ccc4c(n3)NC(=O)CO4)C(=O)O1)C2. The number of nitrogens with two attached hydrogens (primary N) is 1. The van der Waals surface area contributed by atoms with Gasteiger partial charge in [0.2, 0.25) is 0 Å². The lowest BCUT2D eigenvalue weighted by atomic mass is 9.99. The quantitative estimate of drug-likeness (QED) is 0.516. The average molecular weight is 471 g/mol. The van der Waals surface area contributed by atoms with Gasteiger partial charge < -0.3 is 25.8 Å². The Bertz CT molecular complexity index is 1110. The first-order valence-electron chi connectivity index (χ1n) is 11.4. The molecule has 5 rings (SSSR count). The molecule has 0 aromatic carbocycles. The number of hydrogen-bond donors (Lipinski definition) is 3. The summed E-state index contributed by atoms with van der Waals surface area (Å²) in [4.78, 5) is 34.1. The van der Waals surface area contributed by atoms with Crippen LogP contribution in [0.1, 0.15) is 23.2 Å². The van der Waals surface area contributed by atoms with Crippen molar-refractivity contribution in [2.75, 3.05) is 43.0 Å². The summed E-state index contributed by atoms with van der Waals surface area (Å²) in [5, 5.41) is 6.05. The minimum atomic E-state index is -0.854. The molecule has 2 aliphatic heterocycles. The molecular formula is C23H27FN6O4. The molecule has 2 atom stereocenters. The van der Waals surface area contributed by atoms with Gasteiger partial charge in [0.1, 0.15) is 17.2 Å². The molecule has 1 saturated heterocycles. The van der Waals surface area contributed by atoms with Crippen molar-refractivity contribution in [3.8, 4) is 5.75 Å². The number of amides is 2. The van der Waals surface area contributed by atoms with Crippen LogP contribution in [0, 0.1) is 18.7 Å². The minimum absolute atomic E-state index is 0.0680. The molecule has 1 aliphatic carbocycles. The van der Waals surface area contributed by atoms with E-state index in [0.29, 0.717) is 36.9 Å². The molecule has 0 saturated carbocycles. The molecule has 11 heteroatoms. The highest BCUT2D eigenvalue weighted by molar-refractivity contribution is 5.95. The predicted molar refractivity (Wildman–Crippen MR) is 121 cm³/mol. The van der Waals surface area contributed by atoms with E-state index in [2.05, 4.69) is 20.6 Å². The smallest absolute Gasteiger partial charge is 0.416 e. The van der Waals surface area contributed by atoms with Crippen LogP contribution < -0.4 is 26.0 Å². The van der Waals surface area contributed by atoms with E-state index in [9.17, 15) is 14.0 Å². The molecular weight excluding hydrogens is 443 g/mol. The van der Waals surface area contributed by atoms with Gasteiger partial charge in [0.15, 0.2) is 18.2 Å². The van der Waals surface area contributed by atoms with Crippen molar-refractivity contribution in [3.63, 3.8) is 0 Å². The van der Waals surface area contributed by atoms with E-state index < -0.39 is 11.7 Å². The van der Waals surface area contributed by atoms with Gasteiger partial charge in [-0.25, -0.2) is 14.2 Å². The van der Waals surface area contributed by atoms with E-state index in [0.717, 1.165) is 29.8 Å². The third kappa shape index (κ3) is 4.16. The Hall–Kier alpha value is -3.31. The van der Waals surface area contributed by atoms with Crippen LogP contribution in [0.15, 0.2) is 18.3 Å². The van der Waals surface area contributed by atoms with E-state index in [1.165, 1.54) is 11.1 Å². The van der Waals surface area contributed by atoms with Crippen LogP contribution in [-0.2, 0) is 22.4 Å². The van der Waals surface area contributed by atoms with E-state index in [4.69, 9.17) is 15.2 Å². The zero-order valence-electron chi connectivity index (χ0n) is 18.9. The number of nitrogens with zero attached hydrogens (tertiary/aromatic N) is 3. The molecule has 4 N–H and O–H groups in total. The summed E-state index contributed by atoms with van der Waals surface area (Å²) in [6, 6.07) is 3.31. The van der Waals surface area contributed by atoms with Gasteiger partial charge in [-0.15, -0.1) is 0 Å². The fourth-order valence-corrected chi connectivity index (χ4v) is 4.82. The average Bonchev–Trinajstić information content (AvgIpc) is 3.41. The van der Waals surface area contributed by atoms with Crippen LogP contribution in [0.5, 0.6) is 5.75 Å². The number of carbonyl (C=O) groups excluding carboxylic acids is 2. The number of hydrogen-bond acceptors (Lipinski definition) is 8. The predicted octanol–water partition coefficient (Wildman–Crippen LogP) is 1.30. The lowest BCUT2D eigenvalue weighted by molar-refractivity contribution is -0.118. The highest BCUT2D eigenvalue weighted by atomic mass is 19.1. The lowest BCUT2D eigenvalue weighted by Crippen LogP contribution is -2.44. The largest absolute Gasteiger partial charge is 0.480 e. The van der Waals surface area contributed by atoms with Gasteiger partial charge in [0.25, 0.3) is 5.91 Å². The number of anilines is 2. The molecule has 0 radical (unpaired) electrons. The summed E-state index contributed by atoms with van der Waals surface area (Å²) in [5.74, 6) is 0.833. The number of nitrogens with one attached hydrogen (secondary N) is 2. The number of fused-ring (bicyclic) bond motifs is 2. The normalized spacial score (nSPS) is 23.3. The molecule has 34 heavy (non-hydrogen) atoms. The summed E-state index contributed by atoms with van der Waals surface area (Å²) >= 11 is 0. The van der Waals surface area contributed by atoms with Crippen molar-refractivity contribution in [1.82, 2.24) is 15.3 Å². The Morgan fingerprint density at radius 3 is 2.94 bits per heavy atom. The van der Waals surface area contributed by atoms with Crippen LogP contribution in [0.2, 0.25) is 0 Å². The third-order valence-electron chi connectivity index (χ3n) is 6.72. The maximum atomic E-state index is 14.1. The van der Waals surface area contributed by atoms with Crippen molar-refractivity contribution in [3.05, 3.63) is 41.0 Å². The van der Waals surface area contributed by atoms with Gasteiger partial charge in [-0.1, -0.05) is 0 Å². The first-order valence-corrected chi connectivity index (χ1v) is 11.4. The number of ether oxygens (including phenoxy) is 2. The maximum absolute atomic E-state index is 14.1. The van der Waals surface area contributed by atoms with E-state index >= 15 is 0 Å². The standard InChI is InChI=1S/C23H27FN6O4/c1-13-15-6-14(7-16(15)17(24)9-27-13)8-26-5-4-23(11-25)12-30(22(32)34-23)19-3-2-18-21(28-19)29-20(31)10-33-18/h2-3,9,14,26H,4-8,10-12,25H2,1H3,(H,28,29,31). The summed E-state index contributed by atoms with van der Waals surface area (Å²) in [7, 11) is 0. The monoisotopic (exact) mass is 470 g/mol. The number of aromatic nitrogens is 2. The first kappa shape index (κ1) is 22.5. The number of pyridine rings is 2. The Kier molecular flexibility index (Phi) is 5.82. The first-order chi connectivity index (χ1) is 16.4. The Balaban J connectivity index is 1.17. The lowest BCUT2D eigenvalue weighted by Gasteiger charge is -2.25. The van der Waals surface area contributed by atoms with Crippen LogP contribution >= 0.6 is 0 Å². The maximum Gasteiger partial charge on any atom is 0.416 e. The highest BCUT2D eigenvalue weighted by Gasteiger charge is 2.45. The van der Waals surface area contributed by atoms with Crippen molar-refractivity contribution >= 4 is 23.6 Å². The molecule has 2 aromatic heterocycles. The van der Waals surface area contributed by atoms with E-state index in [1.54, 1.807) is 12.1 Å². The molecule has 4 heterocycles. The van der Waals surface area contributed by atoms with Gasteiger partial charge in [-0.2, -0.15) is 0 Å². The highest BCUT2D eigenvalue weighted by Crippen LogP contribution is 2.33. The fraction of sp³-hybridized carbons (Fsp3) is 0.478. The molecule has 1 fully saturated rings. The molecule has 2 amide bonds. The number of halogens is 1. The number of cyclic esters (lactones) is 1. The van der Waals surface area contributed by atoms with Crippen molar-refractivity contribution in [1.29, 1.82) is 0 Å². The third-order valence-corrected chi connectivity index (χ3v) is 6.72. The summed E-state index contributed by atoms with van der Waals surface area (Å²) in [6.07, 6.45) is 2.77. The topological polar surface area (TPSA) is 132 Å². The van der Waals surface area contributed by atoms with Crippen LogP contribution in [0.3, 0.4) is 0 Å². The molecule has 10 nitrogen and oxygen atoms in total. The Morgan fingerprint density at radius 2 is 2.15 bits per heavy atom. The van der Waals surface area contributed by atoms with Crippen LogP contribution in [0.4, 0.5) is 20.8 Å². The van der Waals surface area contributed by atoms with Gasteiger partial charge in [0.05, 0.1) is 12.7 Å². The van der Waals surface area contributed by atoms with Gasteiger partial charge in [-0.3, -0.25) is 14.7 Å². The van der Waals surface area contributed by atoms with E-state index in [1.807, 2.05) is 6.92 Å². The van der Waals surface area contributed by atoms with Gasteiger partial charge >= 0.3 is 6.09 Å². The fourth-order valence-electron chi connectivity index (χ4n) is 4.82. The molecule has 2 unspecified atom stereocenters. The minimum Gasteiger partial charge on any atom is -0.480 e. The summed E-state index contributed by atoms with van der Waals surface area (Å²) in [5.41, 5.74) is 7.85. The van der Waals surface area contributed by atoms with Crippen LogP contribution in [-0.4, -0.2) is 60.4 Å². The number of rotatable bonds is 7. The van der Waals surface area contributed by atoms with Crippen LogP contribution in [0.25, 0.3) is 0 Å². The molecule has 3 aliphatic rings. The molecule has 180 valence electrons. The van der Waals surface area contributed by atoms with Crippen molar-refractivity contribution in [2.45, 2.75) is 31.8 Å². The van der Waals surface area contributed by atoms with E-state index in [-0.39, 0.29) is 37.2 Å². The summed E-state index contributed by atoms with van der Waals surface area (Å²) < 4.78 is 25.1. The Labute approximate surface area is 196 Å². The zero-order chi connectivity index (χ0) is 23.9. The molecule has 2 aromatic rings. The molecule has 0 bridgehead atoms. The second-order valence-electron chi connectivity index (χ2n) is 9.07. The number of carbonyl (C=O) groups is 2. The van der Waals surface area contributed by atoms with Crippen molar-refractivity contribution < 1.29 is 23.5 Å². The molecule has 0 spiro atoms. The van der Waals surface area contributed by atoms with Gasteiger partial charge in [-0.05, 0) is 62.0 Å². The van der Waals surface area contributed by atoms with Crippen molar-refractivity contribution in [2.24, 2.45) is 11.7 Å². The number of aryl methyl sites for hydroxylation is 1. The second-order valence-corrected chi connectivity index (χ2v) is 9.07. The zero-order valence-corrected chi connectivity index (χ0v) is 18.9. The summed E-state index contributed by atoms with van der Waals surface area (Å²) in [6.45, 7) is 3.56.